The normalized spacial score (nSPS) is 34.7. The molecule has 3 saturated heterocycles. The second-order valence-electron chi connectivity index (χ2n) is 6.97. The van der Waals surface area contributed by atoms with Crippen LogP contribution in [-0.4, -0.2) is 65.7 Å². The molecule has 126 valence electrons. The van der Waals surface area contributed by atoms with Crippen LogP contribution in [0.5, 0.6) is 0 Å². The summed E-state index contributed by atoms with van der Waals surface area (Å²) >= 11 is 0. The van der Waals surface area contributed by atoms with E-state index in [0.29, 0.717) is 51.4 Å². The lowest BCUT2D eigenvalue weighted by molar-refractivity contribution is -0.140. The summed E-state index contributed by atoms with van der Waals surface area (Å²) < 4.78 is 10.8. The van der Waals surface area contributed by atoms with Crippen molar-refractivity contribution >= 4 is 5.91 Å². The molecule has 1 N–H and O–H groups in total. The first-order valence-corrected chi connectivity index (χ1v) is 8.53. The van der Waals surface area contributed by atoms with Crippen LogP contribution in [0.25, 0.3) is 0 Å². The van der Waals surface area contributed by atoms with E-state index in [4.69, 9.17) is 9.15 Å². The van der Waals surface area contributed by atoms with Gasteiger partial charge in [-0.3, -0.25) is 9.69 Å². The van der Waals surface area contributed by atoms with Gasteiger partial charge in [-0.15, -0.1) is 0 Å². The molecule has 4 rings (SSSR count). The van der Waals surface area contributed by atoms with Gasteiger partial charge in [0.1, 0.15) is 11.4 Å². The first-order chi connectivity index (χ1) is 11.2. The van der Waals surface area contributed by atoms with Crippen molar-refractivity contribution in [2.24, 2.45) is 0 Å². The number of hydrogen-bond acceptors (Lipinski definition) is 5. The summed E-state index contributed by atoms with van der Waals surface area (Å²) in [6.45, 7) is 3.12. The van der Waals surface area contributed by atoms with Crippen LogP contribution >= 0.6 is 0 Å². The average Bonchev–Trinajstić information content (AvgIpc) is 3.18. The SMILES string of the molecule is O=C(CN1C2CCC1CC(O)(c1ccco1)C2)N1CCOCC1. The highest BCUT2D eigenvalue weighted by atomic mass is 16.5. The molecule has 0 aliphatic carbocycles. The lowest BCUT2D eigenvalue weighted by Gasteiger charge is -2.43. The van der Waals surface area contributed by atoms with Crippen molar-refractivity contribution < 1.29 is 19.1 Å². The van der Waals surface area contributed by atoms with E-state index in [1.54, 1.807) is 6.26 Å². The molecule has 4 heterocycles. The Morgan fingerprint density at radius 1 is 1.26 bits per heavy atom. The summed E-state index contributed by atoms with van der Waals surface area (Å²) in [6, 6.07) is 4.19. The molecule has 1 aromatic heterocycles. The highest BCUT2D eigenvalue weighted by Gasteiger charge is 2.50. The third-order valence-corrected chi connectivity index (χ3v) is 5.58. The van der Waals surface area contributed by atoms with Crippen LogP contribution in [0, 0.1) is 0 Å². The third-order valence-electron chi connectivity index (χ3n) is 5.58. The fourth-order valence-electron chi connectivity index (χ4n) is 4.39. The van der Waals surface area contributed by atoms with E-state index in [1.165, 1.54) is 0 Å². The zero-order chi connectivity index (χ0) is 15.9. The quantitative estimate of drug-likeness (QED) is 0.898. The lowest BCUT2D eigenvalue weighted by Crippen LogP contribution is -2.53. The molecule has 0 saturated carbocycles. The van der Waals surface area contributed by atoms with Crippen LogP contribution in [0.1, 0.15) is 31.4 Å². The van der Waals surface area contributed by atoms with E-state index in [0.717, 1.165) is 12.8 Å². The summed E-state index contributed by atoms with van der Waals surface area (Å²) in [4.78, 5) is 16.7. The molecule has 2 unspecified atom stereocenters. The van der Waals surface area contributed by atoms with Gasteiger partial charge in [-0.2, -0.15) is 0 Å². The van der Waals surface area contributed by atoms with E-state index in [1.807, 2.05) is 17.0 Å². The van der Waals surface area contributed by atoms with Gasteiger partial charge in [-0.25, -0.2) is 0 Å². The Labute approximate surface area is 136 Å². The standard InChI is InChI=1S/C17H24N2O4/c20-16(18-5-8-22-9-6-18)12-19-13-3-4-14(19)11-17(21,10-13)15-2-1-7-23-15/h1-2,7,13-14,21H,3-6,8-12H2. The number of fused-ring (bicyclic) bond motifs is 2. The lowest BCUT2D eigenvalue weighted by atomic mass is 9.84. The smallest absolute Gasteiger partial charge is 0.236 e. The molecule has 3 fully saturated rings. The number of amides is 1. The van der Waals surface area contributed by atoms with E-state index < -0.39 is 5.60 Å². The Morgan fingerprint density at radius 2 is 1.96 bits per heavy atom. The number of carbonyl (C=O) groups excluding carboxylic acids is 1. The Kier molecular flexibility index (Phi) is 3.91. The van der Waals surface area contributed by atoms with E-state index in [9.17, 15) is 9.90 Å². The molecule has 2 bridgehead atoms. The number of ether oxygens (including phenoxy) is 1. The van der Waals surface area contributed by atoms with Gasteiger partial charge in [0.25, 0.3) is 0 Å². The largest absolute Gasteiger partial charge is 0.466 e. The van der Waals surface area contributed by atoms with E-state index in [2.05, 4.69) is 4.90 Å². The summed E-state index contributed by atoms with van der Waals surface area (Å²) in [6.07, 6.45) is 5.00. The summed E-state index contributed by atoms with van der Waals surface area (Å²) in [7, 11) is 0. The molecular formula is C17H24N2O4. The van der Waals surface area contributed by atoms with Crippen LogP contribution in [0.15, 0.2) is 22.8 Å². The maximum Gasteiger partial charge on any atom is 0.236 e. The van der Waals surface area contributed by atoms with E-state index in [-0.39, 0.29) is 18.0 Å². The molecule has 3 aliphatic rings. The minimum absolute atomic E-state index is 0.189. The summed E-state index contributed by atoms with van der Waals surface area (Å²) in [5.74, 6) is 0.849. The van der Waals surface area contributed by atoms with Crippen LogP contribution in [0.2, 0.25) is 0 Å². The van der Waals surface area contributed by atoms with Crippen molar-refractivity contribution in [3.63, 3.8) is 0 Å². The number of nitrogens with zero attached hydrogens (tertiary/aromatic N) is 2. The van der Waals surface area contributed by atoms with Gasteiger partial charge in [0.05, 0.1) is 26.0 Å². The zero-order valence-electron chi connectivity index (χ0n) is 13.3. The van der Waals surface area contributed by atoms with Gasteiger partial charge < -0.3 is 19.2 Å². The first-order valence-electron chi connectivity index (χ1n) is 8.53. The van der Waals surface area contributed by atoms with Crippen molar-refractivity contribution in [3.05, 3.63) is 24.2 Å². The third kappa shape index (κ3) is 2.79. The molecule has 2 atom stereocenters. The molecule has 0 radical (unpaired) electrons. The van der Waals surface area contributed by atoms with Crippen LogP contribution in [0.4, 0.5) is 0 Å². The highest BCUT2D eigenvalue weighted by Crippen LogP contribution is 2.45. The minimum atomic E-state index is -0.881. The number of piperidine rings is 1. The van der Waals surface area contributed by atoms with Crippen molar-refractivity contribution in [3.8, 4) is 0 Å². The second-order valence-corrected chi connectivity index (χ2v) is 6.97. The maximum atomic E-state index is 12.5. The van der Waals surface area contributed by atoms with Crippen molar-refractivity contribution in [2.75, 3.05) is 32.8 Å². The van der Waals surface area contributed by atoms with Gasteiger partial charge >= 0.3 is 0 Å². The predicted octanol–water partition coefficient (Wildman–Crippen LogP) is 0.953. The number of hydrogen-bond donors (Lipinski definition) is 1. The van der Waals surface area contributed by atoms with Crippen LogP contribution < -0.4 is 0 Å². The molecular weight excluding hydrogens is 296 g/mol. The fraction of sp³-hybridized carbons (Fsp3) is 0.706. The monoisotopic (exact) mass is 320 g/mol. The number of carbonyl (C=O) groups is 1. The van der Waals surface area contributed by atoms with Gasteiger partial charge in [0.15, 0.2) is 0 Å². The molecule has 0 aromatic carbocycles. The Morgan fingerprint density at radius 3 is 2.57 bits per heavy atom. The van der Waals surface area contributed by atoms with Crippen molar-refractivity contribution in [1.29, 1.82) is 0 Å². The van der Waals surface area contributed by atoms with Crippen LogP contribution in [0.3, 0.4) is 0 Å². The Balaban J connectivity index is 1.43. The highest BCUT2D eigenvalue weighted by molar-refractivity contribution is 5.78. The maximum absolute atomic E-state index is 12.5. The topological polar surface area (TPSA) is 66.2 Å². The van der Waals surface area contributed by atoms with Crippen molar-refractivity contribution in [1.82, 2.24) is 9.80 Å². The second kappa shape index (κ2) is 5.92. The van der Waals surface area contributed by atoms with Gasteiger partial charge in [-0.1, -0.05) is 0 Å². The molecule has 3 aliphatic heterocycles. The first kappa shape index (κ1) is 15.2. The van der Waals surface area contributed by atoms with Crippen LogP contribution in [-0.2, 0) is 15.1 Å². The van der Waals surface area contributed by atoms with Crippen molar-refractivity contribution in [2.45, 2.75) is 43.4 Å². The molecule has 23 heavy (non-hydrogen) atoms. The zero-order valence-corrected chi connectivity index (χ0v) is 13.3. The molecule has 6 heteroatoms. The van der Waals surface area contributed by atoms with Gasteiger partial charge in [-0.05, 0) is 37.8 Å². The van der Waals surface area contributed by atoms with E-state index >= 15 is 0 Å². The molecule has 1 amide bonds. The van der Waals surface area contributed by atoms with Gasteiger partial charge in [0.2, 0.25) is 5.91 Å². The molecule has 6 nitrogen and oxygen atoms in total. The average molecular weight is 320 g/mol. The number of morpholine rings is 1. The molecule has 1 aromatic rings. The summed E-state index contributed by atoms with van der Waals surface area (Å²) in [5.41, 5.74) is -0.881. The van der Waals surface area contributed by atoms with Gasteiger partial charge in [0, 0.05) is 25.2 Å². The number of furan rings is 1. The Bertz CT molecular complexity index is 539. The fourth-order valence-corrected chi connectivity index (χ4v) is 4.39. The predicted molar refractivity (Wildman–Crippen MR) is 82.8 cm³/mol. The summed E-state index contributed by atoms with van der Waals surface area (Å²) in [5, 5.41) is 11.0. The Hall–Kier alpha value is -1.37. The minimum Gasteiger partial charge on any atom is -0.466 e. The number of rotatable bonds is 3. The number of aliphatic hydroxyl groups is 1. The molecule has 0 spiro atoms.